The van der Waals surface area contributed by atoms with Gasteiger partial charge in [-0.05, 0) is 30.9 Å². The van der Waals surface area contributed by atoms with E-state index in [9.17, 15) is 14.7 Å². The van der Waals surface area contributed by atoms with Crippen LogP contribution in [0.3, 0.4) is 0 Å². The van der Waals surface area contributed by atoms with Crippen molar-refractivity contribution in [2.24, 2.45) is 11.7 Å². The fraction of sp³-hybridized carbons (Fsp3) is 0.429. The van der Waals surface area contributed by atoms with Gasteiger partial charge in [-0.15, -0.1) is 0 Å². The van der Waals surface area contributed by atoms with Crippen molar-refractivity contribution in [2.75, 3.05) is 23.7 Å². The molecule has 114 valence electrons. The molecule has 1 aromatic rings. The van der Waals surface area contributed by atoms with Crippen LogP contribution in [0, 0.1) is 5.92 Å². The van der Waals surface area contributed by atoms with Gasteiger partial charge in [0.1, 0.15) is 0 Å². The summed E-state index contributed by atoms with van der Waals surface area (Å²) >= 11 is 6.17. The van der Waals surface area contributed by atoms with Gasteiger partial charge >= 0.3 is 5.97 Å². The molecule has 2 rings (SSSR count). The van der Waals surface area contributed by atoms with E-state index in [1.54, 1.807) is 6.07 Å². The van der Waals surface area contributed by atoms with Gasteiger partial charge in [0.2, 0.25) is 5.91 Å². The fourth-order valence-electron chi connectivity index (χ4n) is 2.75. The van der Waals surface area contributed by atoms with Gasteiger partial charge in [0.15, 0.2) is 0 Å². The minimum atomic E-state index is -1.06. The number of amides is 1. The molecular formula is C14H18ClN3O3. The first-order valence-corrected chi connectivity index (χ1v) is 7.12. The lowest BCUT2D eigenvalue weighted by Crippen LogP contribution is -2.36. The van der Waals surface area contributed by atoms with Crippen LogP contribution in [0.5, 0.6) is 0 Å². The van der Waals surface area contributed by atoms with Gasteiger partial charge in [0, 0.05) is 25.2 Å². The molecule has 6 nitrogen and oxygen atoms in total. The lowest BCUT2D eigenvalue weighted by atomic mass is 9.92. The highest BCUT2D eigenvalue weighted by atomic mass is 35.5. The van der Waals surface area contributed by atoms with Crippen molar-refractivity contribution in [1.82, 2.24) is 0 Å². The summed E-state index contributed by atoms with van der Waals surface area (Å²) < 4.78 is 0. The Morgan fingerprint density at radius 1 is 1.33 bits per heavy atom. The second-order valence-electron chi connectivity index (χ2n) is 5.30. The third kappa shape index (κ3) is 3.58. The molecule has 1 amide bonds. The second-order valence-corrected chi connectivity index (χ2v) is 5.71. The number of hydrogen-bond acceptors (Lipinski definition) is 4. The number of anilines is 2. The maximum atomic E-state index is 11.4. The molecule has 0 atom stereocenters. The van der Waals surface area contributed by atoms with Crippen LogP contribution >= 0.6 is 11.6 Å². The number of rotatable bonds is 4. The summed E-state index contributed by atoms with van der Waals surface area (Å²) in [4.78, 5) is 24.3. The largest absolute Gasteiger partial charge is 0.478 e. The quantitative estimate of drug-likeness (QED) is 0.733. The average molecular weight is 312 g/mol. The summed E-state index contributed by atoms with van der Waals surface area (Å²) in [7, 11) is 0. The third-order valence-electron chi connectivity index (χ3n) is 3.74. The van der Waals surface area contributed by atoms with E-state index in [0.717, 1.165) is 12.8 Å². The predicted molar refractivity (Wildman–Crippen MR) is 81.6 cm³/mol. The molecule has 21 heavy (non-hydrogen) atoms. The van der Waals surface area contributed by atoms with E-state index < -0.39 is 5.97 Å². The SMILES string of the molecule is NC(=O)CC1CCN(c2c(Cl)cc(N)cc2C(=O)O)CC1. The van der Waals surface area contributed by atoms with Gasteiger partial charge in [-0.25, -0.2) is 4.79 Å². The molecule has 0 unspecified atom stereocenters. The number of carbonyl (C=O) groups excluding carboxylic acids is 1. The number of carbonyl (C=O) groups is 2. The summed E-state index contributed by atoms with van der Waals surface area (Å²) in [5.74, 6) is -1.11. The highest BCUT2D eigenvalue weighted by molar-refractivity contribution is 6.34. The standard InChI is InChI=1S/C14H18ClN3O3/c15-11-7-9(16)6-10(14(20)21)13(11)18-3-1-8(2-4-18)5-12(17)19/h6-8H,1-5,16H2,(H2,17,19)(H,20,21). The first-order chi connectivity index (χ1) is 9.88. The van der Waals surface area contributed by atoms with Crippen molar-refractivity contribution in [3.8, 4) is 0 Å². The van der Waals surface area contributed by atoms with Crippen molar-refractivity contribution < 1.29 is 14.7 Å². The van der Waals surface area contributed by atoms with E-state index >= 15 is 0 Å². The number of nitrogen functional groups attached to an aromatic ring is 1. The molecule has 7 heteroatoms. The molecule has 1 heterocycles. The number of carboxylic acids is 1. The molecule has 1 fully saturated rings. The Balaban J connectivity index is 2.20. The van der Waals surface area contributed by atoms with Crippen LogP contribution in [-0.4, -0.2) is 30.1 Å². The van der Waals surface area contributed by atoms with Gasteiger partial charge in [-0.3, -0.25) is 4.79 Å². The predicted octanol–water partition coefficient (Wildman–Crippen LogP) is 1.71. The lowest BCUT2D eigenvalue weighted by Gasteiger charge is -2.34. The molecule has 0 bridgehead atoms. The van der Waals surface area contributed by atoms with Crippen molar-refractivity contribution in [1.29, 1.82) is 0 Å². The lowest BCUT2D eigenvalue weighted by molar-refractivity contribution is -0.119. The van der Waals surface area contributed by atoms with Crippen LogP contribution in [0.1, 0.15) is 29.6 Å². The molecule has 0 aromatic heterocycles. The third-order valence-corrected chi connectivity index (χ3v) is 4.02. The highest BCUT2D eigenvalue weighted by Crippen LogP contribution is 2.35. The maximum absolute atomic E-state index is 11.4. The molecule has 0 aliphatic carbocycles. The van der Waals surface area contributed by atoms with E-state index in [4.69, 9.17) is 23.1 Å². The van der Waals surface area contributed by atoms with E-state index in [2.05, 4.69) is 0 Å². The van der Waals surface area contributed by atoms with Gasteiger partial charge < -0.3 is 21.5 Å². The van der Waals surface area contributed by atoms with E-state index in [0.29, 0.717) is 35.9 Å². The molecule has 1 aliphatic rings. The maximum Gasteiger partial charge on any atom is 0.337 e. The zero-order chi connectivity index (χ0) is 15.6. The number of nitrogens with zero attached hydrogens (tertiary/aromatic N) is 1. The van der Waals surface area contributed by atoms with Crippen LogP contribution in [0.4, 0.5) is 11.4 Å². The van der Waals surface area contributed by atoms with Crippen molar-refractivity contribution in [3.63, 3.8) is 0 Å². The van der Waals surface area contributed by atoms with Crippen LogP contribution in [0.25, 0.3) is 0 Å². The van der Waals surface area contributed by atoms with E-state index in [-0.39, 0.29) is 17.4 Å². The summed E-state index contributed by atoms with van der Waals surface area (Å²) in [6.07, 6.45) is 1.93. The zero-order valence-electron chi connectivity index (χ0n) is 11.5. The first kappa shape index (κ1) is 15.4. The molecule has 0 saturated carbocycles. The molecule has 0 spiro atoms. The zero-order valence-corrected chi connectivity index (χ0v) is 12.3. The Morgan fingerprint density at radius 2 is 1.95 bits per heavy atom. The Labute approximate surface area is 127 Å². The number of carboxylic acid groups (broad SMARTS) is 1. The van der Waals surface area contributed by atoms with Gasteiger partial charge in [-0.1, -0.05) is 11.6 Å². The number of piperidine rings is 1. The monoisotopic (exact) mass is 311 g/mol. The normalized spacial score (nSPS) is 16.0. The molecule has 1 aromatic carbocycles. The topological polar surface area (TPSA) is 110 Å². The summed E-state index contributed by atoms with van der Waals surface area (Å²) in [5.41, 5.74) is 11.8. The molecule has 0 radical (unpaired) electrons. The molecule has 5 N–H and O–H groups in total. The van der Waals surface area contributed by atoms with Crippen LogP contribution in [0.2, 0.25) is 5.02 Å². The molecular weight excluding hydrogens is 294 g/mol. The number of nitrogens with two attached hydrogens (primary N) is 2. The Bertz CT molecular complexity index is 569. The van der Waals surface area contributed by atoms with Crippen molar-refractivity contribution in [3.05, 3.63) is 22.7 Å². The Kier molecular flexibility index (Phi) is 4.57. The summed E-state index contributed by atoms with van der Waals surface area (Å²) in [6, 6.07) is 2.97. The van der Waals surface area contributed by atoms with Gasteiger partial charge in [-0.2, -0.15) is 0 Å². The number of benzene rings is 1. The fourth-order valence-corrected chi connectivity index (χ4v) is 3.10. The molecule has 1 aliphatic heterocycles. The van der Waals surface area contributed by atoms with Crippen LogP contribution in [-0.2, 0) is 4.79 Å². The Hall–Kier alpha value is -1.95. The second kappa shape index (κ2) is 6.22. The number of primary amides is 1. The summed E-state index contributed by atoms with van der Waals surface area (Å²) in [6.45, 7) is 1.28. The molecule has 1 saturated heterocycles. The van der Waals surface area contributed by atoms with Crippen molar-refractivity contribution >= 4 is 34.9 Å². The minimum Gasteiger partial charge on any atom is -0.478 e. The van der Waals surface area contributed by atoms with Crippen LogP contribution < -0.4 is 16.4 Å². The van der Waals surface area contributed by atoms with Gasteiger partial charge in [0.25, 0.3) is 0 Å². The number of hydrogen-bond donors (Lipinski definition) is 3. The van der Waals surface area contributed by atoms with Crippen molar-refractivity contribution in [2.45, 2.75) is 19.3 Å². The average Bonchev–Trinajstić information content (AvgIpc) is 2.38. The van der Waals surface area contributed by atoms with Gasteiger partial charge in [0.05, 0.1) is 16.3 Å². The summed E-state index contributed by atoms with van der Waals surface area (Å²) in [5, 5.41) is 9.65. The van der Waals surface area contributed by atoms with E-state index in [1.165, 1.54) is 6.07 Å². The number of halogens is 1. The van der Waals surface area contributed by atoms with Crippen LogP contribution in [0.15, 0.2) is 12.1 Å². The smallest absolute Gasteiger partial charge is 0.337 e. The Morgan fingerprint density at radius 3 is 2.48 bits per heavy atom. The van der Waals surface area contributed by atoms with E-state index in [1.807, 2.05) is 4.90 Å². The first-order valence-electron chi connectivity index (χ1n) is 6.74. The minimum absolute atomic E-state index is 0.105. The number of aromatic carboxylic acids is 1. The highest BCUT2D eigenvalue weighted by Gasteiger charge is 2.25.